The number of rotatable bonds is 3. The first-order valence-electron chi connectivity index (χ1n) is 6.00. The molecule has 4 nitrogen and oxygen atoms in total. The van der Waals surface area contributed by atoms with Gasteiger partial charge in [-0.2, -0.15) is 5.10 Å². The number of benzene rings is 1. The van der Waals surface area contributed by atoms with Gasteiger partial charge in [0, 0.05) is 35.5 Å². The van der Waals surface area contributed by atoms with Crippen molar-refractivity contribution >= 4 is 45.8 Å². The van der Waals surface area contributed by atoms with Gasteiger partial charge in [-0.3, -0.25) is 4.68 Å². The molecule has 1 N–H and O–H groups in total. The van der Waals surface area contributed by atoms with Crippen molar-refractivity contribution in [2.75, 3.05) is 0 Å². The fourth-order valence-electron chi connectivity index (χ4n) is 2.23. The van der Waals surface area contributed by atoms with Crippen molar-refractivity contribution in [3.05, 3.63) is 44.5 Å². The summed E-state index contributed by atoms with van der Waals surface area (Å²) in [7, 11) is 1.96. The Morgan fingerprint density at radius 1 is 1.37 bits per heavy atom. The second-order valence-electron chi connectivity index (χ2n) is 4.44. The van der Waals surface area contributed by atoms with Crippen molar-refractivity contribution in [1.82, 2.24) is 19.3 Å². The Morgan fingerprint density at radius 3 is 2.95 bits per heavy atom. The Hall–Kier alpha value is -1.15. The number of H-pyrrole nitrogens is 1. The van der Waals surface area contributed by atoms with Gasteiger partial charge in [-0.25, -0.2) is 0 Å². The van der Waals surface area contributed by atoms with Gasteiger partial charge in [0.05, 0.1) is 11.0 Å². The van der Waals surface area contributed by atoms with Crippen molar-refractivity contribution in [2.24, 2.45) is 7.05 Å². The molecule has 0 aliphatic heterocycles. The quantitative estimate of drug-likeness (QED) is 0.556. The number of fused-ring (bicyclic) bond motifs is 1. The molecule has 0 saturated carbocycles. The molecule has 0 radical (unpaired) electrons. The fraction of sp³-hybridized carbons (Fsp3) is 0.231. The molecule has 0 bridgehead atoms. The maximum absolute atomic E-state index is 5.41. The summed E-state index contributed by atoms with van der Waals surface area (Å²) >= 11 is 7.71. The van der Waals surface area contributed by atoms with E-state index in [4.69, 9.17) is 12.2 Å². The number of aromatic nitrogens is 4. The average molecular weight is 384 g/mol. The maximum Gasteiger partial charge on any atom is 0.178 e. The Balaban J connectivity index is 1.95. The molecular weight excluding hydrogens is 371 g/mol. The van der Waals surface area contributed by atoms with Gasteiger partial charge in [0.1, 0.15) is 0 Å². The zero-order valence-electron chi connectivity index (χ0n) is 10.4. The molecule has 19 heavy (non-hydrogen) atoms. The molecule has 0 spiro atoms. The Morgan fingerprint density at radius 2 is 2.21 bits per heavy atom. The van der Waals surface area contributed by atoms with E-state index in [9.17, 15) is 0 Å². The summed E-state index contributed by atoms with van der Waals surface area (Å²) in [5, 5.41) is 4.19. The van der Waals surface area contributed by atoms with E-state index in [2.05, 4.69) is 55.4 Å². The van der Waals surface area contributed by atoms with Crippen molar-refractivity contribution in [3.8, 4) is 0 Å². The zero-order chi connectivity index (χ0) is 13.4. The van der Waals surface area contributed by atoms with Gasteiger partial charge < -0.3 is 9.55 Å². The van der Waals surface area contributed by atoms with E-state index in [1.54, 1.807) is 0 Å². The number of hydrogen-bond donors (Lipinski definition) is 1. The number of imidazole rings is 1. The molecule has 0 saturated heterocycles. The molecule has 3 rings (SSSR count). The minimum atomic E-state index is 0.777. The number of nitrogens with zero attached hydrogens (tertiary/aromatic N) is 3. The molecule has 6 heteroatoms. The second kappa shape index (κ2) is 5.09. The zero-order valence-corrected chi connectivity index (χ0v) is 13.4. The van der Waals surface area contributed by atoms with E-state index >= 15 is 0 Å². The van der Waals surface area contributed by atoms with Crippen LogP contribution in [-0.2, 0) is 20.0 Å². The topological polar surface area (TPSA) is 38.5 Å². The van der Waals surface area contributed by atoms with Crippen molar-refractivity contribution < 1.29 is 0 Å². The number of nitrogens with one attached hydrogen (secondary N) is 1. The number of aromatic amines is 1. The van der Waals surface area contributed by atoms with Crippen LogP contribution in [0.15, 0.2) is 30.5 Å². The number of aryl methyl sites for hydroxylation is 3. The van der Waals surface area contributed by atoms with Crippen molar-refractivity contribution in [3.63, 3.8) is 0 Å². The van der Waals surface area contributed by atoms with E-state index in [-0.39, 0.29) is 0 Å². The van der Waals surface area contributed by atoms with E-state index in [0.717, 1.165) is 28.8 Å². The lowest BCUT2D eigenvalue weighted by Gasteiger charge is -2.05. The van der Waals surface area contributed by atoms with Gasteiger partial charge in [0.2, 0.25) is 0 Å². The normalized spacial score (nSPS) is 11.3. The van der Waals surface area contributed by atoms with Crippen LogP contribution in [0.5, 0.6) is 0 Å². The monoisotopic (exact) mass is 384 g/mol. The van der Waals surface area contributed by atoms with Crippen LogP contribution >= 0.6 is 34.8 Å². The van der Waals surface area contributed by atoms with E-state index in [1.165, 1.54) is 9.26 Å². The van der Waals surface area contributed by atoms with Crippen LogP contribution < -0.4 is 0 Å². The fourth-order valence-corrected chi connectivity index (χ4v) is 3.02. The van der Waals surface area contributed by atoms with Gasteiger partial charge in [0.25, 0.3) is 0 Å². The molecule has 2 heterocycles. The van der Waals surface area contributed by atoms with Crippen LogP contribution in [0.3, 0.4) is 0 Å². The Labute approximate surface area is 129 Å². The van der Waals surface area contributed by atoms with Gasteiger partial charge in [-0.15, -0.1) is 0 Å². The van der Waals surface area contributed by atoms with E-state index < -0.39 is 0 Å². The molecular formula is C13H13IN4S. The molecule has 3 aromatic rings. The molecule has 0 amide bonds. The summed E-state index contributed by atoms with van der Waals surface area (Å²) in [6.45, 7) is 0.860. The van der Waals surface area contributed by atoms with E-state index in [1.807, 2.05) is 24.0 Å². The lowest BCUT2D eigenvalue weighted by molar-refractivity contribution is 0.642. The molecule has 0 aliphatic rings. The van der Waals surface area contributed by atoms with Crippen LogP contribution in [0.1, 0.15) is 5.69 Å². The summed E-state index contributed by atoms with van der Waals surface area (Å²) < 4.78 is 6.04. The largest absolute Gasteiger partial charge is 0.331 e. The highest BCUT2D eigenvalue weighted by Crippen LogP contribution is 2.18. The first kappa shape index (κ1) is 12.9. The maximum atomic E-state index is 5.41. The molecule has 1 aromatic carbocycles. The standard InChI is InChI=1S/C13H13IN4S/c1-17-10(4-6-15-17)5-7-18-12-3-2-9(14)8-11(12)16-13(18)19/h2-4,6,8H,5,7H2,1H3,(H,16,19). The highest BCUT2D eigenvalue weighted by molar-refractivity contribution is 14.1. The highest BCUT2D eigenvalue weighted by Gasteiger charge is 2.06. The van der Waals surface area contributed by atoms with Crippen LogP contribution in [0.4, 0.5) is 0 Å². The predicted molar refractivity (Wildman–Crippen MR) is 86.8 cm³/mol. The SMILES string of the molecule is Cn1nccc1CCn1c(=S)[nH]c2cc(I)ccc21. The summed E-state index contributed by atoms with van der Waals surface area (Å²) in [4.78, 5) is 3.26. The summed E-state index contributed by atoms with van der Waals surface area (Å²) in [6, 6.07) is 8.38. The first-order valence-corrected chi connectivity index (χ1v) is 7.49. The smallest absolute Gasteiger partial charge is 0.178 e. The minimum Gasteiger partial charge on any atom is -0.331 e. The highest BCUT2D eigenvalue weighted by atomic mass is 127. The third kappa shape index (κ3) is 2.46. The van der Waals surface area contributed by atoms with Gasteiger partial charge in [-0.1, -0.05) is 0 Å². The number of hydrogen-bond acceptors (Lipinski definition) is 2. The number of halogens is 1. The minimum absolute atomic E-state index is 0.777. The van der Waals surface area contributed by atoms with Crippen molar-refractivity contribution in [1.29, 1.82) is 0 Å². The van der Waals surface area contributed by atoms with Crippen LogP contribution in [0, 0.1) is 8.34 Å². The van der Waals surface area contributed by atoms with E-state index in [0.29, 0.717) is 0 Å². The Bertz CT molecular complexity index is 783. The van der Waals surface area contributed by atoms with Gasteiger partial charge >= 0.3 is 0 Å². The Kier molecular flexibility index (Phi) is 3.44. The predicted octanol–water partition coefficient (Wildman–Crippen LogP) is 3.28. The average Bonchev–Trinajstić information content (AvgIpc) is 2.90. The lowest BCUT2D eigenvalue weighted by Crippen LogP contribution is -2.05. The molecule has 98 valence electrons. The molecule has 0 fully saturated rings. The third-order valence-corrected chi connectivity index (χ3v) is 4.24. The van der Waals surface area contributed by atoms with Crippen LogP contribution in [0.25, 0.3) is 11.0 Å². The molecule has 2 aromatic heterocycles. The van der Waals surface area contributed by atoms with Crippen molar-refractivity contribution in [2.45, 2.75) is 13.0 Å². The first-order chi connectivity index (χ1) is 9.15. The molecule has 0 atom stereocenters. The summed E-state index contributed by atoms with van der Waals surface area (Å²) in [5.41, 5.74) is 3.47. The van der Waals surface area contributed by atoms with Crippen LogP contribution in [-0.4, -0.2) is 19.3 Å². The lowest BCUT2D eigenvalue weighted by atomic mass is 10.3. The molecule has 0 unspecified atom stereocenters. The van der Waals surface area contributed by atoms with Gasteiger partial charge in [0.15, 0.2) is 4.77 Å². The third-order valence-electron chi connectivity index (χ3n) is 3.25. The summed E-state index contributed by atoms with van der Waals surface area (Å²) in [6.07, 6.45) is 2.75. The molecule has 0 aliphatic carbocycles. The van der Waals surface area contributed by atoms with Crippen LogP contribution in [0.2, 0.25) is 0 Å². The second-order valence-corrected chi connectivity index (χ2v) is 6.07. The summed E-state index contributed by atoms with van der Waals surface area (Å²) in [5.74, 6) is 0. The van der Waals surface area contributed by atoms with Gasteiger partial charge in [-0.05, 0) is 59.1 Å².